The molecule has 2 rings (SSSR count). The molecule has 1 aromatic heterocycles. The molecule has 110 valence electrons. The molecule has 0 atom stereocenters. The Balaban J connectivity index is 1.76. The van der Waals surface area contributed by atoms with Crippen molar-refractivity contribution in [2.45, 2.75) is 25.8 Å². The van der Waals surface area contributed by atoms with Crippen molar-refractivity contribution >= 4 is 23.2 Å². The van der Waals surface area contributed by atoms with Crippen molar-refractivity contribution in [3.63, 3.8) is 0 Å². The van der Waals surface area contributed by atoms with E-state index in [0.717, 1.165) is 13.0 Å². The van der Waals surface area contributed by atoms with Crippen LogP contribution in [0.5, 0.6) is 0 Å². The number of carboxylic acid groups (broad SMARTS) is 1. The molecule has 0 fully saturated rings. The third-order valence-electron chi connectivity index (χ3n) is 3.50. The second-order valence-electron chi connectivity index (χ2n) is 5.17. The van der Waals surface area contributed by atoms with Gasteiger partial charge in [-0.05, 0) is 43.4 Å². The van der Waals surface area contributed by atoms with Crippen LogP contribution in [-0.4, -0.2) is 53.5 Å². The molecular formula is C14H20N2O3S. The normalized spacial score (nSPS) is 14.4. The zero-order chi connectivity index (χ0) is 14.5. The largest absolute Gasteiger partial charge is 0.481 e. The summed E-state index contributed by atoms with van der Waals surface area (Å²) in [4.78, 5) is 27.8. The summed E-state index contributed by atoms with van der Waals surface area (Å²) in [5.41, 5.74) is 1.27. The monoisotopic (exact) mass is 296 g/mol. The van der Waals surface area contributed by atoms with Crippen molar-refractivity contribution in [1.29, 1.82) is 0 Å². The first-order valence-electron chi connectivity index (χ1n) is 6.79. The molecule has 6 heteroatoms. The van der Waals surface area contributed by atoms with Crippen LogP contribution in [0.4, 0.5) is 0 Å². The highest BCUT2D eigenvalue weighted by atomic mass is 32.1. The molecule has 0 saturated carbocycles. The lowest BCUT2D eigenvalue weighted by molar-refractivity contribution is -0.137. The van der Waals surface area contributed by atoms with E-state index in [1.165, 1.54) is 10.4 Å². The van der Waals surface area contributed by atoms with Crippen LogP contribution >= 0.6 is 11.3 Å². The molecule has 0 spiro atoms. The van der Waals surface area contributed by atoms with Gasteiger partial charge in [0.15, 0.2) is 0 Å². The van der Waals surface area contributed by atoms with Crippen molar-refractivity contribution < 1.29 is 14.7 Å². The van der Waals surface area contributed by atoms with Gasteiger partial charge < -0.3 is 10.0 Å². The number of thiophene rings is 1. The lowest BCUT2D eigenvalue weighted by Gasteiger charge is -2.28. The first-order valence-corrected chi connectivity index (χ1v) is 7.67. The molecule has 1 amide bonds. The van der Waals surface area contributed by atoms with Gasteiger partial charge in [-0.15, -0.1) is 11.3 Å². The summed E-state index contributed by atoms with van der Waals surface area (Å²) in [6, 6.07) is 2.09. The van der Waals surface area contributed by atoms with Gasteiger partial charge in [0.05, 0.1) is 6.54 Å². The number of carbonyl (C=O) groups excluding carboxylic acids is 1. The minimum Gasteiger partial charge on any atom is -0.481 e. The van der Waals surface area contributed by atoms with Crippen molar-refractivity contribution in [1.82, 2.24) is 9.80 Å². The van der Waals surface area contributed by atoms with Crippen LogP contribution in [0.25, 0.3) is 0 Å². The average Bonchev–Trinajstić information content (AvgIpc) is 2.85. The fourth-order valence-corrected chi connectivity index (χ4v) is 3.26. The van der Waals surface area contributed by atoms with Gasteiger partial charge in [0.25, 0.3) is 0 Å². The molecule has 0 bridgehead atoms. The van der Waals surface area contributed by atoms with Gasteiger partial charge in [0, 0.05) is 24.4 Å². The van der Waals surface area contributed by atoms with Gasteiger partial charge in [-0.2, -0.15) is 0 Å². The zero-order valence-corrected chi connectivity index (χ0v) is 12.5. The fourth-order valence-electron chi connectivity index (χ4n) is 2.37. The number of likely N-dealkylation sites (N-methyl/N-ethyl adjacent to an activating group) is 1. The number of carboxylic acids is 1. The minimum absolute atomic E-state index is 0.125. The number of nitrogens with zero attached hydrogens (tertiary/aromatic N) is 2. The number of carbonyl (C=O) groups is 2. The maximum absolute atomic E-state index is 12.2. The third-order valence-corrected chi connectivity index (χ3v) is 4.52. The predicted molar refractivity (Wildman–Crippen MR) is 77.8 cm³/mol. The summed E-state index contributed by atoms with van der Waals surface area (Å²) < 4.78 is 0. The molecule has 20 heavy (non-hydrogen) atoms. The van der Waals surface area contributed by atoms with Crippen molar-refractivity contribution in [2.75, 3.05) is 26.7 Å². The van der Waals surface area contributed by atoms with Crippen LogP contribution in [0.3, 0.4) is 0 Å². The van der Waals surface area contributed by atoms with Crippen LogP contribution < -0.4 is 0 Å². The Labute approximate surface area is 122 Å². The van der Waals surface area contributed by atoms with Gasteiger partial charge in [0.2, 0.25) is 5.91 Å². The summed E-state index contributed by atoms with van der Waals surface area (Å²) >= 11 is 1.76. The summed E-state index contributed by atoms with van der Waals surface area (Å²) in [6.45, 7) is 2.49. The quantitative estimate of drug-likeness (QED) is 0.862. The highest BCUT2D eigenvalue weighted by Gasteiger charge is 2.22. The van der Waals surface area contributed by atoms with Crippen molar-refractivity contribution in [3.05, 3.63) is 21.9 Å². The Morgan fingerprint density at radius 1 is 1.50 bits per heavy atom. The van der Waals surface area contributed by atoms with Gasteiger partial charge in [-0.3, -0.25) is 14.5 Å². The topological polar surface area (TPSA) is 60.9 Å². The molecule has 1 aliphatic rings. The fraction of sp³-hybridized carbons (Fsp3) is 0.571. The molecule has 2 heterocycles. The van der Waals surface area contributed by atoms with E-state index in [1.54, 1.807) is 11.3 Å². The second kappa shape index (κ2) is 6.85. The number of aliphatic carboxylic acids is 1. The Hall–Kier alpha value is -1.40. The second-order valence-corrected chi connectivity index (χ2v) is 6.17. The SMILES string of the molecule is CN(CCCC(=O)O)CC(=O)N1CCc2sccc2C1. The molecule has 0 unspecified atom stereocenters. The number of rotatable bonds is 6. The summed E-state index contributed by atoms with van der Waals surface area (Å²) in [5.74, 6) is -0.662. The van der Waals surface area contributed by atoms with Crippen LogP contribution in [0.15, 0.2) is 11.4 Å². The highest BCUT2D eigenvalue weighted by molar-refractivity contribution is 7.10. The highest BCUT2D eigenvalue weighted by Crippen LogP contribution is 2.23. The van der Waals surface area contributed by atoms with Gasteiger partial charge in [-0.25, -0.2) is 0 Å². The van der Waals surface area contributed by atoms with Gasteiger partial charge in [0.1, 0.15) is 0 Å². The Kier molecular flexibility index (Phi) is 5.14. The van der Waals surface area contributed by atoms with Crippen LogP contribution in [0, 0.1) is 0 Å². The predicted octanol–water partition coefficient (Wildman–Crippen LogP) is 1.43. The lowest BCUT2D eigenvalue weighted by Crippen LogP contribution is -2.41. The van der Waals surface area contributed by atoms with E-state index in [4.69, 9.17) is 5.11 Å². The van der Waals surface area contributed by atoms with E-state index < -0.39 is 5.97 Å². The van der Waals surface area contributed by atoms with Crippen molar-refractivity contribution in [2.24, 2.45) is 0 Å². The number of hydrogen-bond donors (Lipinski definition) is 1. The van der Waals surface area contributed by atoms with E-state index in [2.05, 4.69) is 11.4 Å². The molecule has 0 aliphatic carbocycles. The lowest BCUT2D eigenvalue weighted by atomic mass is 10.1. The molecule has 0 radical (unpaired) electrons. The number of amides is 1. The van der Waals surface area contributed by atoms with E-state index in [9.17, 15) is 9.59 Å². The molecule has 0 aromatic carbocycles. The average molecular weight is 296 g/mol. The Morgan fingerprint density at radius 2 is 2.30 bits per heavy atom. The van der Waals surface area contributed by atoms with Gasteiger partial charge >= 0.3 is 5.97 Å². The van der Waals surface area contributed by atoms with Crippen molar-refractivity contribution in [3.8, 4) is 0 Å². The summed E-state index contributed by atoms with van der Waals surface area (Å²) in [7, 11) is 1.86. The number of hydrogen-bond acceptors (Lipinski definition) is 4. The maximum Gasteiger partial charge on any atom is 0.303 e. The summed E-state index contributed by atoms with van der Waals surface area (Å²) in [6.07, 6.45) is 1.68. The Bertz CT molecular complexity index is 487. The number of fused-ring (bicyclic) bond motifs is 1. The molecule has 1 aliphatic heterocycles. The van der Waals surface area contributed by atoms with E-state index >= 15 is 0 Å². The van der Waals surface area contributed by atoms with Crippen LogP contribution in [0.1, 0.15) is 23.3 Å². The van der Waals surface area contributed by atoms with E-state index in [0.29, 0.717) is 26.1 Å². The van der Waals surface area contributed by atoms with Gasteiger partial charge in [-0.1, -0.05) is 0 Å². The zero-order valence-electron chi connectivity index (χ0n) is 11.7. The minimum atomic E-state index is -0.786. The van der Waals surface area contributed by atoms with Crippen LogP contribution in [0.2, 0.25) is 0 Å². The standard InChI is InChI=1S/C14H20N2O3S/c1-15(6-2-3-14(18)19)10-13(17)16-7-4-12-11(9-16)5-8-20-12/h5,8H,2-4,6-7,9-10H2,1H3,(H,18,19). The first kappa shape index (κ1) is 15.0. The Morgan fingerprint density at radius 3 is 3.05 bits per heavy atom. The molecular weight excluding hydrogens is 276 g/mol. The van der Waals surface area contributed by atoms with Crippen LogP contribution in [-0.2, 0) is 22.6 Å². The third kappa shape index (κ3) is 4.05. The molecule has 0 saturated heterocycles. The molecule has 1 N–H and O–H groups in total. The van der Waals surface area contributed by atoms with E-state index in [1.807, 2.05) is 16.8 Å². The molecule has 1 aromatic rings. The maximum atomic E-state index is 12.2. The van der Waals surface area contributed by atoms with E-state index in [-0.39, 0.29) is 12.3 Å². The summed E-state index contributed by atoms with van der Waals surface area (Å²) in [5, 5.41) is 10.7. The smallest absolute Gasteiger partial charge is 0.303 e. The first-order chi connectivity index (χ1) is 9.56. The molecule has 5 nitrogen and oxygen atoms in total.